The van der Waals surface area contributed by atoms with Crippen molar-refractivity contribution in [3.8, 4) is 0 Å². The number of piperidine rings is 1. The van der Waals surface area contributed by atoms with E-state index in [1.165, 1.54) is 7.11 Å². The Labute approximate surface area is 106 Å². The molecule has 6 nitrogen and oxygen atoms in total. The standard InChI is InChI=1S/C12H19N3O3/c1-7(2)10-14-15-11(18-10)9-5-4-8(6-13-9)12(16)17-3/h7-9,13H,4-6H2,1-3H3. The second-order valence-electron chi connectivity index (χ2n) is 4.89. The summed E-state index contributed by atoms with van der Waals surface area (Å²) in [5.41, 5.74) is 0. The summed E-state index contributed by atoms with van der Waals surface area (Å²) in [5.74, 6) is 1.27. The van der Waals surface area contributed by atoms with Crippen LogP contribution in [0.2, 0.25) is 0 Å². The quantitative estimate of drug-likeness (QED) is 0.821. The number of nitrogens with zero attached hydrogens (tertiary/aromatic N) is 2. The summed E-state index contributed by atoms with van der Waals surface area (Å²) < 4.78 is 10.3. The molecule has 0 saturated carbocycles. The first-order chi connectivity index (χ1) is 8.61. The molecule has 2 heterocycles. The molecule has 2 atom stereocenters. The molecule has 0 radical (unpaired) electrons. The van der Waals surface area contributed by atoms with E-state index in [1.807, 2.05) is 13.8 Å². The van der Waals surface area contributed by atoms with Crippen molar-refractivity contribution in [1.82, 2.24) is 15.5 Å². The average Bonchev–Trinajstić information content (AvgIpc) is 2.88. The van der Waals surface area contributed by atoms with E-state index in [0.717, 1.165) is 12.8 Å². The third kappa shape index (κ3) is 2.69. The predicted molar refractivity (Wildman–Crippen MR) is 63.9 cm³/mol. The number of nitrogens with one attached hydrogen (secondary N) is 1. The van der Waals surface area contributed by atoms with Gasteiger partial charge in [0, 0.05) is 12.5 Å². The van der Waals surface area contributed by atoms with Crippen molar-refractivity contribution in [2.75, 3.05) is 13.7 Å². The minimum Gasteiger partial charge on any atom is -0.469 e. The van der Waals surface area contributed by atoms with E-state index in [9.17, 15) is 4.79 Å². The Hall–Kier alpha value is -1.43. The Morgan fingerprint density at radius 3 is 2.72 bits per heavy atom. The summed E-state index contributed by atoms with van der Waals surface area (Å²) in [6.45, 7) is 4.62. The highest BCUT2D eigenvalue weighted by atomic mass is 16.5. The van der Waals surface area contributed by atoms with Crippen LogP contribution in [0.4, 0.5) is 0 Å². The maximum Gasteiger partial charge on any atom is 0.309 e. The summed E-state index contributed by atoms with van der Waals surface area (Å²) in [5, 5.41) is 11.3. The first-order valence-corrected chi connectivity index (χ1v) is 6.26. The largest absolute Gasteiger partial charge is 0.469 e. The summed E-state index contributed by atoms with van der Waals surface area (Å²) in [6.07, 6.45) is 1.59. The second-order valence-corrected chi connectivity index (χ2v) is 4.89. The zero-order valence-corrected chi connectivity index (χ0v) is 11.0. The molecular weight excluding hydrogens is 234 g/mol. The average molecular weight is 253 g/mol. The summed E-state index contributed by atoms with van der Waals surface area (Å²) in [4.78, 5) is 11.4. The Balaban J connectivity index is 1.94. The number of hydrogen-bond donors (Lipinski definition) is 1. The molecule has 0 bridgehead atoms. The lowest BCUT2D eigenvalue weighted by atomic mass is 9.95. The molecule has 0 amide bonds. The lowest BCUT2D eigenvalue weighted by molar-refractivity contribution is -0.146. The fourth-order valence-electron chi connectivity index (χ4n) is 2.06. The van der Waals surface area contributed by atoms with Crippen molar-refractivity contribution < 1.29 is 13.9 Å². The highest BCUT2D eigenvalue weighted by Gasteiger charge is 2.30. The van der Waals surface area contributed by atoms with Crippen LogP contribution in [0.3, 0.4) is 0 Å². The van der Waals surface area contributed by atoms with Crippen molar-refractivity contribution in [1.29, 1.82) is 0 Å². The first kappa shape index (κ1) is 13.0. The maximum absolute atomic E-state index is 11.4. The third-order valence-electron chi connectivity index (χ3n) is 3.20. The molecule has 100 valence electrons. The monoisotopic (exact) mass is 253 g/mol. The van der Waals surface area contributed by atoms with Crippen molar-refractivity contribution in [2.45, 2.75) is 38.6 Å². The van der Waals surface area contributed by atoms with Crippen molar-refractivity contribution in [3.05, 3.63) is 11.8 Å². The molecule has 1 aromatic rings. The Kier molecular flexibility index (Phi) is 3.96. The number of methoxy groups -OCH3 is 1. The van der Waals surface area contributed by atoms with Gasteiger partial charge in [0.05, 0.1) is 19.1 Å². The van der Waals surface area contributed by atoms with E-state index in [1.54, 1.807) is 0 Å². The third-order valence-corrected chi connectivity index (χ3v) is 3.20. The number of aromatic nitrogens is 2. The van der Waals surface area contributed by atoms with Gasteiger partial charge in [0.15, 0.2) is 0 Å². The zero-order chi connectivity index (χ0) is 13.1. The van der Waals surface area contributed by atoms with E-state index >= 15 is 0 Å². The van der Waals surface area contributed by atoms with Gasteiger partial charge in [0.25, 0.3) is 0 Å². The first-order valence-electron chi connectivity index (χ1n) is 6.26. The van der Waals surface area contributed by atoms with E-state index in [4.69, 9.17) is 9.15 Å². The number of esters is 1. The van der Waals surface area contributed by atoms with Gasteiger partial charge in [0.2, 0.25) is 11.8 Å². The van der Waals surface area contributed by atoms with E-state index < -0.39 is 0 Å². The predicted octanol–water partition coefficient (Wildman–Crippen LogP) is 1.41. The van der Waals surface area contributed by atoms with Gasteiger partial charge in [0.1, 0.15) is 0 Å². The number of ether oxygens (including phenoxy) is 1. The molecule has 0 spiro atoms. The van der Waals surface area contributed by atoms with E-state index in [2.05, 4.69) is 15.5 Å². The topological polar surface area (TPSA) is 77.2 Å². The molecule has 6 heteroatoms. The summed E-state index contributed by atoms with van der Waals surface area (Å²) >= 11 is 0. The van der Waals surface area contributed by atoms with Crippen LogP contribution < -0.4 is 5.32 Å². The fraction of sp³-hybridized carbons (Fsp3) is 0.750. The molecule has 1 aliphatic rings. The van der Waals surface area contributed by atoms with Gasteiger partial charge in [-0.2, -0.15) is 0 Å². The number of rotatable bonds is 3. The number of carbonyl (C=O) groups excluding carboxylic acids is 1. The van der Waals surface area contributed by atoms with Crippen LogP contribution in [0.15, 0.2) is 4.42 Å². The molecule has 1 aliphatic heterocycles. The second kappa shape index (κ2) is 5.48. The lowest BCUT2D eigenvalue weighted by Crippen LogP contribution is -2.37. The maximum atomic E-state index is 11.4. The van der Waals surface area contributed by atoms with Crippen molar-refractivity contribution in [2.24, 2.45) is 5.92 Å². The van der Waals surface area contributed by atoms with Gasteiger partial charge < -0.3 is 14.5 Å². The SMILES string of the molecule is COC(=O)C1CCC(c2nnc(C(C)C)o2)NC1. The summed E-state index contributed by atoms with van der Waals surface area (Å²) in [6, 6.07) is 0.0471. The highest BCUT2D eigenvalue weighted by molar-refractivity contribution is 5.72. The van der Waals surface area contributed by atoms with Crippen LogP contribution in [0, 0.1) is 5.92 Å². The van der Waals surface area contributed by atoms with E-state index in [0.29, 0.717) is 18.3 Å². The smallest absolute Gasteiger partial charge is 0.309 e. The Morgan fingerprint density at radius 2 is 2.22 bits per heavy atom. The van der Waals surface area contributed by atoms with Crippen molar-refractivity contribution in [3.63, 3.8) is 0 Å². The molecular formula is C12H19N3O3. The van der Waals surface area contributed by atoms with Crippen LogP contribution in [0.1, 0.15) is 50.4 Å². The number of carbonyl (C=O) groups is 1. The van der Waals surface area contributed by atoms with Gasteiger partial charge in [-0.1, -0.05) is 13.8 Å². The molecule has 1 aromatic heterocycles. The molecule has 1 N–H and O–H groups in total. The van der Waals surface area contributed by atoms with Crippen LogP contribution >= 0.6 is 0 Å². The molecule has 1 saturated heterocycles. The molecule has 2 unspecified atom stereocenters. The van der Waals surface area contributed by atoms with E-state index in [-0.39, 0.29) is 23.8 Å². The van der Waals surface area contributed by atoms with Gasteiger partial charge in [-0.3, -0.25) is 4.79 Å². The molecule has 18 heavy (non-hydrogen) atoms. The minimum absolute atomic E-state index is 0.0471. The Morgan fingerprint density at radius 1 is 1.44 bits per heavy atom. The minimum atomic E-state index is -0.158. The van der Waals surface area contributed by atoms with Gasteiger partial charge in [-0.05, 0) is 12.8 Å². The fourth-order valence-corrected chi connectivity index (χ4v) is 2.06. The van der Waals surface area contributed by atoms with Gasteiger partial charge in [-0.15, -0.1) is 10.2 Å². The molecule has 1 fully saturated rings. The summed E-state index contributed by atoms with van der Waals surface area (Å²) in [7, 11) is 1.42. The molecule has 0 aliphatic carbocycles. The van der Waals surface area contributed by atoms with Crippen LogP contribution in [0.5, 0.6) is 0 Å². The molecule has 0 aromatic carbocycles. The van der Waals surface area contributed by atoms with Gasteiger partial charge in [-0.25, -0.2) is 0 Å². The number of hydrogen-bond acceptors (Lipinski definition) is 6. The normalized spacial score (nSPS) is 24.2. The van der Waals surface area contributed by atoms with Crippen LogP contribution in [0.25, 0.3) is 0 Å². The molecule has 2 rings (SSSR count). The van der Waals surface area contributed by atoms with Crippen molar-refractivity contribution >= 4 is 5.97 Å². The van der Waals surface area contributed by atoms with Crippen LogP contribution in [-0.4, -0.2) is 29.8 Å². The van der Waals surface area contributed by atoms with Gasteiger partial charge >= 0.3 is 5.97 Å². The highest BCUT2D eigenvalue weighted by Crippen LogP contribution is 2.26. The zero-order valence-electron chi connectivity index (χ0n) is 11.0. The lowest BCUT2D eigenvalue weighted by Gasteiger charge is -2.26. The van der Waals surface area contributed by atoms with Crippen LogP contribution in [-0.2, 0) is 9.53 Å². The Bertz CT molecular complexity index is 408.